The molecule has 1 aromatic rings. The molecule has 0 bridgehead atoms. The molecule has 6 heteroatoms. The first-order chi connectivity index (χ1) is 11.2. The van der Waals surface area contributed by atoms with E-state index in [9.17, 15) is 4.79 Å². The van der Waals surface area contributed by atoms with Crippen molar-refractivity contribution in [2.75, 3.05) is 18.1 Å². The van der Waals surface area contributed by atoms with Crippen LogP contribution in [0.3, 0.4) is 0 Å². The minimum Gasteiger partial charge on any atom is -0.482 e. The first-order valence-corrected chi connectivity index (χ1v) is 8.68. The molecular weight excluding hydrogens is 305 g/mol. The fourth-order valence-corrected chi connectivity index (χ4v) is 2.91. The topological polar surface area (TPSA) is 48.0 Å². The maximum atomic E-state index is 12.2. The van der Waals surface area contributed by atoms with Gasteiger partial charge in [0.05, 0.1) is 16.9 Å². The number of carbonyl (C=O) groups excluding carboxylic acids is 1. The maximum absolute atomic E-state index is 12.2. The van der Waals surface area contributed by atoms with Gasteiger partial charge in [0.1, 0.15) is 5.75 Å². The normalized spacial score (nSPS) is 21.6. The highest BCUT2D eigenvalue weighted by Gasteiger charge is 2.51. The molecular formula is C18H26BNO4. The Hall–Kier alpha value is -1.53. The fourth-order valence-electron chi connectivity index (χ4n) is 2.91. The molecule has 0 spiro atoms. The quantitative estimate of drug-likeness (QED) is 0.796. The van der Waals surface area contributed by atoms with E-state index < -0.39 is 7.12 Å². The Morgan fingerprint density at radius 3 is 2.46 bits per heavy atom. The van der Waals surface area contributed by atoms with Gasteiger partial charge < -0.3 is 18.9 Å². The molecule has 2 aliphatic heterocycles. The Labute approximate surface area is 144 Å². The summed E-state index contributed by atoms with van der Waals surface area (Å²) in [6.45, 7) is 11.1. The average molecular weight is 331 g/mol. The van der Waals surface area contributed by atoms with Crippen LogP contribution in [0.1, 0.15) is 47.5 Å². The van der Waals surface area contributed by atoms with Crippen LogP contribution in [0.5, 0.6) is 5.75 Å². The van der Waals surface area contributed by atoms with Crippen molar-refractivity contribution >= 4 is 24.2 Å². The number of carbonyl (C=O) groups is 1. The molecule has 1 fully saturated rings. The van der Waals surface area contributed by atoms with Crippen LogP contribution < -0.4 is 15.1 Å². The van der Waals surface area contributed by atoms with Crippen molar-refractivity contribution in [2.45, 2.75) is 58.7 Å². The monoisotopic (exact) mass is 331 g/mol. The summed E-state index contributed by atoms with van der Waals surface area (Å²) in [5.41, 5.74) is 0.947. The van der Waals surface area contributed by atoms with Gasteiger partial charge in [0, 0.05) is 6.54 Å². The summed E-state index contributed by atoms with van der Waals surface area (Å²) >= 11 is 0. The number of fused-ring (bicyclic) bond motifs is 1. The first-order valence-electron chi connectivity index (χ1n) is 8.68. The number of nitrogens with zero attached hydrogens (tertiary/aromatic N) is 1. The van der Waals surface area contributed by atoms with E-state index in [0.717, 1.165) is 29.7 Å². The third-order valence-corrected chi connectivity index (χ3v) is 5.19. The minimum absolute atomic E-state index is 0.00187. The number of hydrogen-bond donors (Lipinski definition) is 0. The van der Waals surface area contributed by atoms with Gasteiger partial charge in [-0.3, -0.25) is 4.79 Å². The standard InChI is InChI=1S/C18H26BNO4/c1-6-7-10-20-14-11-13(8-9-15(14)22-12-16(20)21)19-23-17(2,3)18(4,5)24-19/h8-9,11H,6-7,10,12H2,1-5H3. The van der Waals surface area contributed by atoms with E-state index in [1.807, 2.05) is 50.8 Å². The molecule has 2 heterocycles. The van der Waals surface area contributed by atoms with Crippen LogP contribution >= 0.6 is 0 Å². The van der Waals surface area contributed by atoms with Crippen LogP contribution in [0.15, 0.2) is 18.2 Å². The van der Waals surface area contributed by atoms with E-state index in [1.165, 1.54) is 0 Å². The SMILES string of the molecule is CCCCN1C(=O)COc2ccc(B3OC(C)(C)C(C)(C)O3)cc21. The van der Waals surface area contributed by atoms with Gasteiger partial charge in [-0.05, 0) is 51.7 Å². The molecule has 0 aliphatic carbocycles. The van der Waals surface area contributed by atoms with Crippen LogP contribution in [-0.4, -0.2) is 37.4 Å². The van der Waals surface area contributed by atoms with E-state index in [-0.39, 0.29) is 23.7 Å². The Bertz CT molecular complexity index is 628. The number of rotatable bonds is 4. The Balaban J connectivity index is 1.90. The Morgan fingerprint density at radius 2 is 1.83 bits per heavy atom. The van der Waals surface area contributed by atoms with Crippen LogP contribution in [0.25, 0.3) is 0 Å². The van der Waals surface area contributed by atoms with Crippen molar-refractivity contribution in [3.63, 3.8) is 0 Å². The maximum Gasteiger partial charge on any atom is 0.494 e. The summed E-state index contributed by atoms with van der Waals surface area (Å²) < 4.78 is 17.8. The zero-order valence-electron chi connectivity index (χ0n) is 15.2. The van der Waals surface area contributed by atoms with E-state index in [2.05, 4.69) is 6.92 Å². The average Bonchev–Trinajstić information content (AvgIpc) is 2.74. The van der Waals surface area contributed by atoms with Crippen molar-refractivity contribution in [3.8, 4) is 5.75 Å². The molecule has 0 unspecified atom stereocenters. The van der Waals surface area contributed by atoms with E-state index in [0.29, 0.717) is 6.54 Å². The third kappa shape index (κ3) is 2.93. The molecule has 5 nitrogen and oxygen atoms in total. The lowest BCUT2D eigenvalue weighted by atomic mass is 9.78. The van der Waals surface area contributed by atoms with Crippen molar-refractivity contribution in [3.05, 3.63) is 18.2 Å². The smallest absolute Gasteiger partial charge is 0.482 e. The van der Waals surface area contributed by atoms with Crippen LogP contribution in [0.2, 0.25) is 0 Å². The first kappa shape index (κ1) is 17.3. The summed E-state index contributed by atoms with van der Waals surface area (Å²) in [6.07, 6.45) is 2.00. The summed E-state index contributed by atoms with van der Waals surface area (Å²) in [7, 11) is -0.439. The van der Waals surface area contributed by atoms with Gasteiger partial charge in [-0.1, -0.05) is 19.4 Å². The molecule has 1 amide bonds. The molecule has 130 valence electrons. The van der Waals surface area contributed by atoms with Gasteiger partial charge >= 0.3 is 7.12 Å². The number of ether oxygens (including phenoxy) is 1. The number of unbranched alkanes of at least 4 members (excludes halogenated alkanes) is 1. The van der Waals surface area contributed by atoms with E-state index >= 15 is 0 Å². The molecule has 24 heavy (non-hydrogen) atoms. The second kappa shape index (κ2) is 6.08. The van der Waals surface area contributed by atoms with E-state index in [1.54, 1.807) is 0 Å². The highest BCUT2D eigenvalue weighted by Crippen LogP contribution is 2.37. The summed E-state index contributed by atoms with van der Waals surface area (Å²) in [4.78, 5) is 14.1. The predicted octanol–water partition coefficient (Wildman–Crippen LogP) is 2.51. The lowest BCUT2D eigenvalue weighted by molar-refractivity contribution is -0.121. The second-order valence-electron chi connectivity index (χ2n) is 7.50. The number of amides is 1. The molecule has 2 aliphatic rings. The van der Waals surface area contributed by atoms with Gasteiger partial charge in [0.2, 0.25) is 0 Å². The lowest BCUT2D eigenvalue weighted by Gasteiger charge is -2.32. The number of anilines is 1. The Morgan fingerprint density at radius 1 is 1.17 bits per heavy atom. The van der Waals surface area contributed by atoms with Crippen LogP contribution in [-0.2, 0) is 14.1 Å². The fraction of sp³-hybridized carbons (Fsp3) is 0.611. The highest BCUT2D eigenvalue weighted by molar-refractivity contribution is 6.62. The van der Waals surface area contributed by atoms with Crippen molar-refractivity contribution in [1.29, 1.82) is 0 Å². The number of hydrogen-bond acceptors (Lipinski definition) is 4. The highest BCUT2D eigenvalue weighted by atomic mass is 16.7. The van der Waals surface area contributed by atoms with Crippen molar-refractivity contribution in [1.82, 2.24) is 0 Å². The zero-order chi connectivity index (χ0) is 17.5. The second-order valence-corrected chi connectivity index (χ2v) is 7.50. The van der Waals surface area contributed by atoms with Gasteiger partial charge in [-0.15, -0.1) is 0 Å². The molecule has 0 aromatic heterocycles. The molecule has 0 N–H and O–H groups in total. The molecule has 3 rings (SSSR count). The van der Waals surface area contributed by atoms with Crippen LogP contribution in [0, 0.1) is 0 Å². The summed E-state index contributed by atoms with van der Waals surface area (Å²) in [5.74, 6) is 0.744. The molecule has 1 aromatic carbocycles. The van der Waals surface area contributed by atoms with Gasteiger partial charge in [0.15, 0.2) is 6.61 Å². The van der Waals surface area contributed by atoms with Crippen molar-refractivity contribution in [2.24, 2.45) is 0 Å². The van der Waals surface area contributed by atoms with Gasteiger partial charge in [-0.2, -0.15) is 0 Å². The third-order valence-electron chi connectivity index (χ3n) is 5.19. The van der Waals surface area contributed by atoms with Gasteiger partial charge in [-0.25, -0.2) is 0 Å². The van der Waals surface area contributed by atoms with E-state index in [4.69, 9.17) is 14.0 Å². The largest absolute Gasteiger partial charge is 0.494 e. The summed E-state index contributed by atoms with van der Waals surface area (Å²) in [6, 6.07) is 5.82. The molecule has 0 radical (unpaired) electrons. The van der Waals surface area contributed by atoms with Crippen LogP contribution in [0.4, 0.5) is 5.69 Å². The lowest BCUT2D eigenvalue weighted by Crippen LogP contribution is -2.41. The Kier molecular flexibility index (Phi) is 4.38. The molecule has 1 saturated heterocycles. The van der Waals surface area contributed by atoms with Gasteiger partial charge in [0.25, 0.3) is 5.91 Å². The number of benzene rings is 1. The molecule has 0 saturated carbocycles. The molecule has 0 atom stereocenters. The summed E-state index contributed by atoms with van der Waals surface area (Å²) in [5, 5.41) is 0. The minimum atomic E-state index is -0.439. The van der Waals surface area contributed by atoms with Crippen molar-refractivity contribution < 1.29 is 18.8 Å². The zero-order valence-corrected chi connectivity index (χ0v) is 15.2. The predicted molar refractivity (Wildman–Crippen MR) is 94.9 cm³/mol.